The minimum absolute atomic E-state index is 0.0440. The fourth-order valence-electron chi connectivity index (χ4n) is 3.68. The minimum atomic E-state index is -0.149. The Labute approximate surface area is 192 Å². The number of hydrogen-bond donors (Lipinski definition) is 1. The van der Waals surface area contributed by atoms with Gasteiger partial charge in [-0.3, -0.25) is 4.79 Å². The molecule has 0 saturated heterocycles. The zero-order valence-electron chi connectivity index (χ0n) is 19.1. The van der Waals surface area contributed by atoms with Gasteiger partial charge < -0.3 is 10.1 Å². The number of aryl methyl sites for hydroxylation is 1. The maximum atomic E-state index is 11.8. The fraction of sp³-hybridized carbons (Fsp3) is 0.320. The molecule has 1 aromatic heterocycles. The molecule has 3 aromatic rings. The summed E-state index contributed by atoms with van der Waals surface area (Å²) in [5.41, 5.74) is 6.88. The van der Waals surface area contributed by atoms with E-state index in [1.807, 2.05) is 35.0 Å². The van der Waals surface area contributed by atoms with Gasteiger partial charge in [0.25, 0.3) is 5.91 Å². The van der Waals surface area contributed by atoms with Crippen LogP contribution in [0.5, 0.6) is 5.75 Å². The molecule has 7 heteroatoms. The molecule has 0 aliphatic carbocycles. The molecule has 0 saturated carbocycles. The topological polar surface area (TPSA) is 68.0 Å². The summed E-state index contributed by atoms with van der Waals surface area (Å²) in [4.78, 5) is 17.5. The van der Waals surface area contributed by atoms with Crippen LogP contribution in [0.1, 0.15) is 38.3 Å². The molecule has 0 atom stereocenters. The summed E-state index contributed by atoms with van der Waals surface area (Å²) in [5.74, 6) is 1.04. The van der Waals surface area contributed by atoms with Gasteiger partial charge in [0, 0.05) is 16.7 Å². The van der Waals surface area contributed by atoms with Crippen LogP contribution in [-0.2, 0) is 4.79 Å². The van der Waals surface area contributed by atoms with Crippen molar-refractivity contribution in [2.45, 2.75) is 41.0 Å². The molecule has 0 radical (unpaired) electrons. The lowest BCUT2D eigenvalue weighted by molar-refractivity contribution is -0.118. The molecular formula is C25H28N4O2S. The summed E-state index contributed by atoms with van der Waals surface area (Å²) in [6, 6.07) is 12.0. The maximum Gasteiger partial charge on any atom is 0.262 e. The molecular weight excluding hydrogens is 420 g/mol. The van der Waals surface area contributed by atoms with Gasteiger partial charge in [-0.15, -0.1) is 11.3 Å². The number of thiazole rings is 1. The molecule has 0 unspecified atom stereocenters. The van der Waals surface area contributed by atoms with Crippen LogP contribution in [0, 0.1) is 19.8 Å². The number of nitrogens with zero attached hydrogens (tertiary/aromatic N) is 3. The van der Waals surface area contributed by atoms with Crippen LogP contribution in [0.15, 0.2) is 51.9 Å². The highest BCUT2D eigenvalue weighted by Gasteiger charge is 2.18. The van der Waals surface area contributed by atoms with E-state index in [1.165, 1.54) is 5.56 Å². The summed E-state index contributed by atoms with van der Waals surface area (Å²) >= 11 is 1.55. The first-order valence-electron chi connectivity index (χ1n) is 10.7. The fourth-order valence-corrected chi connectivity index (χ4v) is 4.52. The van der Waals surface area contributed by atoms with Gasteiger partial charge in [0.05, 0.1) is 17.1 Å². The molecule has 1 aliphatic rings. The Kier molecular flexibility index (Phi) is 6.28. The molecule has 32 heavy (non-hydrogen) atoms. The van der Waals surface area contributed by atoms with Gasteiger partial charge in [0.15, 0.2) is 6.61 Å². The lowest BCUT2D eigenvalue weighted by atomic mass is 10.1. The van der Waals surface area contributed by atoms with Gasteiger partial charge >= 0.3 is 0 Å². The number of carbonyl (C=O) groups is 1. The Morgan fingerprint density at radius 2 is 2.06 bits per heavy atom. The number of aromatic nitrogens is 1. The average Bonchev–Trinajstić information content (AvgIpc) is 3.12. The molecule has 0 fully saturated rings. The molecule has 166 valence electrons. The van der Waals surface area contributed by atoms with Crippen molar-refractivity contribution in [2.24, 2.45) is 16.0 Å². The Morgan fingerprint density at radius 3 is 2.84 bits per heavy atom. The van der Waals surface area contributed by atoms with Crippen LogP contribution in [0.25, 0.3) is 11.3 Å². The lowest BCUT2D eigenvalue weighted by Gasteiger charge is -2.18. The normalized spacial score (nSPS) is 14.4. The monoisotopic (exact) mass is 448 g/mol. The van der Waals surface area contributed by atoms with Crippen LogP contribution in [0.3, 0.4) is 0 Å². The van der Waals surface area contributed by atoms with E-state index in [0.29, 0.717) is 17.4 Å². The number of carbonyl (C=O) groups excluding carboxylic acids is 1. The largest absolute Gasteiger partial charge is 0.482 e. The van der Waals surface area contributed by atoms with E-state index < -0.39 is 0 Å². The SMILES string of the molecule is CC(CC(C)C)=Nn1c(-c2ccc3c(c2)NC(=O)CO3)csc1=Nc1cccc(C)c1C. The average molecular weight is 449 g/mol. The van der Waals surface area contributed by atoms with Crippen molar-refractivity contribution < 1.29 is 9.53 Å². The third-order valence-electron chi connectivity index (χ3n) is 5.36. The number of nitrogens with one attached hydrogen (secondary N) is 1. The summed E-state index contributed by atoms with van der Waals surface area (Å²) in [5, 5.41) is 9.89. The molecule has 1 N–H and O–H groups in total. The molecule has 0 bridgehead atoms. The first kappa shape index (κ1) is 22.0. The third kappa shape index (κ3) is 4.67. The Balaban J connectivity index is 1.87. The van der Waals surface area contributed by atoms with E-state index in [9.17, 15) is 4.79 Å². The molecule has 2 heterocycles. The number of amides is 1. The predicted octanol–water partition coefficient (Wildman–Crippen LogP) is 5.67. The van der Waals surface area contributed by atoms with Gasteiger partial charge in [-0.25, -0.2) is 9.67 Å². The summed E-state index contributed by atoms with van der Waals surface area (Å²) in [7, 11) is 0. The minimum Gasteiger partial charge on any atom is -0.482 e. The number of fused-ring (bicyclic) bond motifs is 1. The second kappa shape index (κ2) is 9.12. The molecule has 4 rings (SSSR count). The van der Waals surface area contributed by atoms with Crippen LogP contribution in [0.2, 0.25) is 0 Å². The number of rotatable bonds is 5. The number of benzene rings is 2. The number of hydrogen-bond acceptors (Lipinski definition) is 5. The van der Waals surface area contributed by atoms with Crippen LogP contribution >= 0.6 is 11.3 Å². The highest BCUT2D eigenvalue weighted by Crippen LogP contribution is 2.33. The van der Waals surface area contributed by atoms with Crippen molar-refractivity contribution in [3.8, 4) is 17.0 Å². The standard InChI is InChI=1S/C25H28N4O2S/c1-15(2)11-17(4)28-29-22(19-9-10-23-21(12-19)26-24(30)13-31-23)14-32-25(29)27-20-8-6-7-16(3)18(20)5/h6-10,12,14-15H,11,13H2,1-5H3,(H,26,30). The Bertz CT molecular complexity index is 1270. The quantitative estimate of drug-likeness (QED) is 0.511. The van der Waals surface area contributed by atoms with Crippen molar-refractivity contribution >= 4 is 34.3 Å². The van der Waals surface area contributed by atoms with Crippen molar-refractivity contribution in [1.82, 2.24) is 4.68 Å². The second-order valence-corrected chi connectivity index (χ2v) is 9.36. The predicted molar refractivity (Wildman–Crippen MR) is 131 cm³/mol. The van der Waals surface area contributed by atoms with Gasteiger partial charge in [-0.1, -0.05) is 26.0 Å². The third-order valence-corrected chi connectivity index (χ3v) is 6.18. The molecule has 0 spiro atoms. The number of ether oxygens (including phenoxy) is 1. The zero-order valence-corrected chi connectivity index (χ0v) is 19.9. The van der Waals surface area contributed by atoms with Gasteiger partial charge in [0.1, 0.15) is 5.75 Å². The second-order valence-electron chi connectivity index (χ2n) is 8.53. The van der Waals surface area contributed by atoms with Crippen LogP contribution in [0.4, 0.5) is 11.4 Å². The van der Waals surface area contributed by atoms with Gasteiger partial charge in [-0.2, -0.15) is 5.10 Å². The van der Waals surface area contributed by atoms with Crippen molar-refractivity contribution in [3.05, 3.63) is 57.7 Å². The molecule has 2 aromatic carbocycles. The van der Waals surface area contributed by atoms with E-state index in [2.05, 4.69) is 51.4 Å². The first-order valence-corrected chi connectivity index (χ1v) is 11.6. The highest BCUT2D eigenvalue weighted by atomic mass is 32.1. The summed E-state index contributed by atoms with van der Waals surface area (Å²) in [6.45, 7) is 10.7. The maximum absolute atomic E-state index is 11.8. The molecule has 1 amide bonds. The van der Waals surface area contributed by atoms with Crippen molar-refractivity contribution in [3.63, 3.8) is 0 Å². The Hall–Kier alpha value is -3.19. The van der Waals surface area contributed by atoms with Gasteiger partial charge in [-0.05, 0) is 68.5 Å². The van der Waals surface area contributed by atoms with Crippen molar-refractivity contribution in [2.75, 3.05) is 11.9 Å². The van der Waals surface area contributed by atoms with Crippen LogP contribution < -0.4 is 14.9 Å². The smallest absolute Gasteiger partial charge is 0.262 e. The summed E-state index contributed by atoms with van der Waals surface area (Å²) in [6.07, 6.45) is 0.902. The molecule has 6 nitrogen and oxygen atoms in total. The zero-order chi connectivity index (χ0) is 22.8. The van der Waals surface area contributed by atoms with E-state index in [1.54, 1.807) is 11.3 Å². The first-order chi connectivity index (χ1) is 15.3. The molecule has 1 aliphatic heterocycles. The highest BCUT2D eigenvalue weighted by molar-refractivity contribution is 7.07. The van der Waals surface area contributed by atoms with Gasteiger partial charge in [0.2, 0.25) is 4.80 Å². The van der Waals surface area contributed by atoms with E-state index >= 15 is 0 Å². The van der Waals surface area contributed by atoms with Crippen molar-refractivity contribution in [1.29, 1.82) is 0 Å². The van der Waals surface area contributed by atoms with E-state index in [0.717, 1.165) is 39.4 Å². The van der Waals surface area contributed by atoms with Crippen LogP contribution in [-0.4, -0.2) is 22.9 Å². The number of anilines is 1. The Morgan fingerprint density at radius 1 is 1.25 bits per heavy atom. The lowest BCUT2D eigenvalue weighted by Crippen LogP contribution is -2.25. The van der Waals surface area contributed by atoms with E-state index in [4.69, 9.17) is 14.8 Å². The summed E-state index contributed by atoms with van der Waals surface area (Å²) < 4.78 is 7.43. The van der Waals surface area contributed by atoms with E-state index in [-0.39, 0.29) is 12.5 Å².